The smallest absolute Gasteiger partial charge is 0.257 e. The predicted octanol–water partition coefficient (Wildman–Crippen LogP) is 2.14. The molecule has 3 aliphatic heterocycles. The Morgan fingerprint density at radius 2 is 1.87 bits per heavy atom. The fourth-order valence-corrected chi connectivity index (χ4v) is 4.83. The van der Waals surface area contributed by atoms with E-state index in [4.69, 9.17) is 10.5 Å². The number of hydrogen-bond acceptors (Lipinski definition) is 7. The second kappa shape index (κ2) is 7.52. The Balaban J connectivity index is 1.33. The van der Waals surface area contributed by atoms with E-state index in [1.54, 1.807) is 11.0 Å². The molecule has 4 heterocycles. The molecular formula is C21H22F2N6O2. The zero-order valence-electron chi connectivity index (χ0n) is 16.7. The van der Waals surface area contributed by atoms with Crippen LogP contribution in [0, 0.1) is 11.6 Å². The molecule has 0 saturated carbocycles. The summed E-state index contributed by atoms with van der Waals surface area (Å²) in [7, 11) is 0. The van der Waals surface area contributed by atoms with Gasteiger partial charge in [-0.05, 0) is 42.8 Å². The van der Waals surface area contributed by atoms with Gasteiger partial charge in [-0.15, -0.1) is 0 Å². The van der Waals surface area contributed by atoms with Crippen LogP contribution in [-0.2, 0) is 9.53 Å². The number of piperidine rings is 1. The first kappa shape index (κ1) is 19.8. The second-order valence-electron chi connectivity index (χ2n) is 8.06. The summed E-state index contributed by atoms with van der Waals surface area (Å²) in [6.45, 7) is 1.09. The standard InChI is InChI=1S/C21H22F2N6O2/c22-14-9-13(10-15(23)11-14)16-1-2-18-29(16)19(30)21(31-18)4-7-28(8-5-21)20-26-12-25-17(27-20)3-6-24/h3,6,9-12,16,18H,1-2,4-5,7-8,24H2/b6-3-. The highest BCUT2D eigenvalue weighted by molar-refractivity contribution is 5.88. The maximum absolute atomic E-state index is 13.7. The molecule has 1 aromatic heterocycles. The van der Waals surface area contributed by atoms with Crippen molar-refractivity contribution in [3.8, 4) is 0 Å². The van der Waals surface area contributed by atoms with E-state index >= 15 is 0 Å². The van der Waals surface area contributed by atoms with Crippen molar-refractivity contribution in [3.63, 3.8) is 0 Å². The van der Waals surface area contributed by atoms with E-state index < -0.39 is 17.2 Å². The van der Waals surface area contributed by atoms with E-state index in [1.807, 2.05) is 4.90 Å². The molecule has 2 atom stereocenters. The van der Waals surface area contributed by atoms with Gasteiger partial charge in [-0.2, -0.15) is 4.98 Å². The van der Waals surface area contributed by atoms with Gasteiger partial charge in [-0.3, -0.25) is 4.79 Å². The van der Waals surface area contributed by atoms with Crippen LogP contribution in [0.1, 0.15) is 43.1 Å². The van der Waals surface area contributed by atoms with Crippen molar-refractivity contribution in [1.82, 2.24) is 19.9 Å². The van der Waals surface area contributed by atoms with Crippen molar-refractivity contribution in [2.24, 2.45) is 5.73 Å². The third-order valence-electron chi connectivity index (χ3n) is 6.27. The van der Waals surface area contributed by atoms with Crippen molar-refractivity contribution >= 4 is 17.9 Å². The molecule has 2 unspecified atom stereocenters. The first-order valence-corrected chi connectivity index (χ1v) is 10.3. The first-order chi connectivity index (χ1) is 15.0. The quantitative estimate of drug-likeness (QED) is 0.800. The molecule has 0 aliphatic carbocycles. The van der Waals surface area contributed by atoms with Crippen LogP contribution >= 0.6 is 0 Å². The van der Waals surface area contributed by atoms with Gasteiger partial charge < -0.3 is 20.3 Å². The van der Waals surface area contributed by atoms with Crippen molar-refractivity contribution in [1.29, 1.82) is 0 Å². The topological polar surface area (TPSA) is 97.5 Å². The monoisotopic (exact) mass is 428 g/mol. The number of benzene rings is 1. The molecule has 2 aromatic rings. The van der Waals surface area contributed by atoms with Crippen LogP contribution in [0.3, 0.4) is 0 Å². The number of rotatable bonds is 3. The van der Waals surface area contributed by atoms with Gasteiger partial charge in [0, 0.05) is 32.0 Å². The second-order valence-corrected chi connectivity index (χ2v) is 8.06. The molecule has 8 nitrogen and oxygen atoms in total. The molecular weight excluding hydrogens is 406 g/mol. The summed E-state index contributed by atoms with van der Waals surface area (Å²) in [4.78, 5) is 29.7. The van der Waals surface area contributed by atoms with Gasteiger partial charge in [0.15, 0.2) is 11.4 Å². The van der Waals surface area contributed by atoms with Crippen molar-refractivity contribution in [3.05, 3.63) is 53.7 Å². The number of carbonyl (C=O) groups excluding carboxylic acids is 1. The van der Waals surface area contributed by atoms with Crippen LogP contribution < -0.4 is 10.6 Å². The zero-order chi connectivity index (χ0) is 21.6. The molecule has 10 heteroatoms. The van der Waals surface area contributed by atoms with Gasteiger partial charge in [-0.25, -0.2) is 18.7 Å². The minimum Gasteiger partial charge on any atom is -0.404 e. The lowest BCUT2D eigenvalue weighted by Crippen LogP contribution is -2.50. The number of halogens is 2. The summed E-state index contributed by atoms with van der Waals surface area (Å²) >= 11 is 0. The summed E-state index contributed by atoms with van der Waals surface area (Å²) in [5.74, 6) is -0.402. The number of nitrogens with two attached hydrogens (primary N) is 1. The third kappa shape index (κ3) is 3.40. The van der Waals surface area contributed by atoms with E-state index in [9.17, 15) is 13.6 Å². The summed E-state index contributed by atoms with van der Waals surface area (Å²) in [5.41, 5.74) is 4.95. The summed E-state index contributed by atoms with van der Waals surface area (Å²) in [6.07, 6.45) is 6.24. The third-order valence-corrected chi connectivity index (χ3v) is 6.27. The van der Waals surface area contributed by atoms with Gasteiger partial charge in [-0.1, -0.05) is 0 Å². The Kier molecular flexibility index (Phi) is 4.81. The normalized spacial score (nSPS) is 25.0. The van der Waals surface area contributed by atoms with Gasteiger partial charge in [0.1, 0.15) is 24.2 Å². The lowest BCUT2D eigenvalue weighted by Gasteiger charge is -2.37. The zero-order valence-corrected chi connectivity index (χ0v) is 16.7. The van der Waals surface area contributed by atoms with Crippen molar-refractivity contribution in [2.75, 3.05) is 18.0 Å². The maximum Gasteiger partial charge on any atom is 0.257 e. The summed E-state index contributed by atoms with van der Waals surface area (Å²) in [6, 6.07) is 3.05. The SMILES string of the molecule is N/C=C\c1ncnc(N2CCC3(CC2)OC2CCC(c4cc(F)cc(F)c4)N2C3=O)n1. The van der Waals surface area contributed by atoms with Crippen LogP contribution in [0.2, 0.25) is 0 Å². The maximum atomic E-state index is 13.7. The Morgan fingerprint density at radius 1 is 1.13 bits per heavy atom. The Bertz CT molecular complexity index is 1020. The number of nitrogens with zero attached hydrogens (tertiary/aromatic N) is 5. The van der Waals surface area contributed by atoms with Crippen LogP contribution in [0.5, 0.6) is 0 Å². The average molecular weight is 428 g/mol. The van der Waals surface area contributed by atoms with Gasteiger partial charge >= 0.3 is 0 Å². The highest BCUT2D eigenvalue weighted by Gasteiger charge is 2.58. The Labute approximate surface area is 177 Å². The minimum atomic E-state index is -0.918. The number of anilines is 1. The molecule has 3 saturated heterocycles. The van der Waals surface area contributed by atoms with Gasteiger partial charge in [0.25, 0.3) is 5.91 Å². The van der Waals surface area contributed by atoms with Crippen LogP contribution in [0.15, 0.2) is 30.7 Å². The van der Waals surface area contributed by atoms with E-state index in [-0.39, 0.29) is 18.2 Å². The molecule has 0 radical (unpaired) electrons. The lowest BCUT2D eigenvalue weighted by molar-refractivity contribution is -0.140. The molecule has 162 valence electrons. The van der Waals surface area contributed by atoms with Crippen LogP contribution in [0.25, 0.3) is 6.08 Å². The molecule has 3 aliphatic rings. The fraction of sp³-hybridized carbons (Fsp3) is 0.429. The van der Waals surface area contributed by atoms with Gasteiger partial charge in [0.05, 0.1) is 6.04 Å². The average Bonchev–Trinajstić information content (AvgIpc) is 3.27. The van der Waals surface area contributed by atoms with Crippen LogP contribution in [0.4, 0.5) is 14.7 Å². The summed E-state index contributed by atoms with van der Waals surface area (Å²) < 4.78 is 33.8. The predicted molar refractivity (Wildman–Crippen MR) is 107 cm³/mol. The number of fused-ring (bicyclic) bond motifs is 1. The Morgan fingerprint density at radius 3 is 2.58 bits per heavy atom. The largest absolute Gasteiger partial charge is 0.404 e. The molecule has 5 rings (SSSR count). The van der Waals surface area contributed by atoms with Crippen LogP contribution in [-0.4, -0.2) is 50.7 Å². The molecule has 31 heavy (non-hydrogen) atoms. The molecule has 1 amide bonds. The first-order valence-electron chi connectivity index (χ1n) is 10.3. The molecule has 0 bridgehead atoms. The van der Waals surface area contributed by atoms with E-state index in [0.29, 0.717) is 56.1 Å². The number of carbonyl (C=O) groups is 1. The highest BCUT2D eigenvalue weighted by atomic mass is 19.1. The van der Waals surface area contributed by atoms with E-state index in [0.717, 1.165) is 6.07 Å². The minimum absolute atomic E-state index is 0.105. The molecule has 2 N–H and O–H groups in total. The number of amides is 1. The molecule has 1 aromatic carbocycles. The van der Waals surface area contributed by atoms with E-state index in [2.05, 4.69) is 15.0 Å². The number of ether oxygens (including phenoxy) is 1. The Hall–Kier alpha value is -3.14. The van der Waals surface area contributed by atoms with Crippen molar-refractivity contribution < 1.29 is 18.3 Å². The summed E-state index contributed by atoms with van der Waals surface area (Å²) in [5, 5.41) is 0. The lowest BCUT2D eigenvalue weighted by atomic mass is 9.89. The van der Waals surface area contributed by atoms with Gasteiger partial charge in [0.2, 0.25) is 5.95 Å². The van der Waals surface area contributed by atoms with Crippen molar-refractivity contribution in [2.45, 2.75) is 43.6 Å². The fourth-order valence-electron chi connectivity index (χ4n) is 4.83. The number of hydrogen-bond donors (Lipinski definition) is 1. The number of aromatic nitrogens is 3. The molecule has 1 spiro atoms. The molecule has 3 fully saturated rings. The highest BCUT2D eigenvalue weighted by Crippen LogP contribution is 2.47. The van der Waals surface area contributed by atoms with E-state index in [1.165, 1.54) is 24.7 Å².